The lowest BCUT2D eigenvalue weighted by Crippen LogP contribution is -2.50. The van der Waals surface area contributed by atoms with Gasteiger partial charge in [-0.3, -0.25) is 14.9 Å². The van der Waals surface area contributed by atoms with Crippen LogP contribution in [0.4, 0.5) is 10.6 Å². The topological polar surface area (TPSA) is 94.6 Å². The quantitative estimate of drug-likeness (QED) is 0.742. The molecular weight excluding hydrogens is 298 g/mol. The molecule has 0 aromatic carbocycles. The summed E-state index contributed by atoms with van der Waals surface area (Å²) >= 11 is 0. The van der Waals surface area contributed by atoms with Gasteiger partial charge in [-0.15, -0.1) is 0 Å². The van der Waals surface area contributed by atoms with Crippen LogP contribution in [0, 0.1) is 6.92 Å². The van der Waals surface area contributed by atoms with Gasteiger partial charge in [-0.05, 0) is 18.6 Å². The number of aromatic nitrogens is 1. The molecule has 0 aliphatic carbocycles. The Balaban J connectivity index is 1.54. The minimum Gasteiger partial charge on any atom is -0.353 e. The Bertz CT molecular complexity index is 640. The molecule has 0 unspecified atom stereocenters. The number of piperazine rings is 1. The van der Waals surface area contributed by atoms with Crippen molar-refractivity contribution in [2.75, 3.05) is 31.1 Å². The Hall–Kier alpha value is -2.64. The van der Waals surface area contributed by atoms with Crippen LogP contribution in [-0.2, 0) is 9.59 Å². The van der Waals surface area contributed by atoms with Gasteiger partial charge in [0, 0.05) is 32.4 Å². The number of urea groups is 1. The molecule has 2 aliphatic heterocycles. The number of amides is 4. The minimum atomic E-state index is -0.758. The molecule has 2 aliphatic rings. The Morgan fingerprint density at radius 1 is 1.30 bits per heavy atom. The van der Waals surface area contributed by atoms with Crippen molar-refractivity contribution < 1.29 is 14.4 Å². The van der Waals surface area contributed by atoms with Crippen LogP contribution in [-0.4, -0.2) is 60.0 Å². The largest absolute Gasteiger partial charge is 0.353 e. The normalized spacial score (nSPS) is 21.2. The first-order valence-corrected chi connectivity index (χ1v) is 7.60. The van der Waals surface area contributed by atoms with Gasteiger partial charge in [0.05, 0.1) is 6.42 Å². The van der Waals surface area contributed by atoms with Gasteiger partial charge in [-0.2, -0.15) is 0 Å². The van der Waals surface area contributed by atoms with Crippen LogP contribution < -0.4 is 15.5 Å². The number of imide groups is 1. The van der Waals surface area contributed by atoms with Crippen molar-refractivity contribution in [1.29, 1.82) is 0 Å². The zero-order chi connectivity index (χ0) is 16.4. The van der Waals surface area contributed by atoms with Crippen LogP contribution in [0.15, 0.2) is 18.3 Å². The molecule has 4 amide bonds. The standard InChI is InChI=1S/C15H19N5O3/c1-10-3-2-4-16-13(10)20-7-5-19(6-8-20)12(21)9-11-14(22)18-15(23)17-11/h2-4,11H,5-9H2,1H3,(H2,17,18,22,23)/t11-/m1/s1. The maximum absolute atomic E-state index is 12.3. The van der Waals surface area contributed by atoms with E-state index in [0.29, 0.717) is 26.2 Å². The molecule has 8 nitrogen and oxygen atoms in total. The van der Waals surface area contributed by atoms with Crippen LogP contribution in [0.25, 0.3) is 0 Å². The van der Waals surface area contributed by atoms with Crippen LogP contribution in [0.2, 0.25) is 0 Å². The average Bonchev–Trinajstić information content (AvgIpc) is 2.85. The van der Waals surface area contributed by atoms with E-state index in [-0.39, 0.29) is 12.3 Å². The summed E-state index contributed by atoms with van der Waals surface area (Å²) in [6.07, 6.45) is 1.77. The molecule has 0 radical (unpaired) electrons. The lowest BCUT2D eigenvalue weighted by Gasteiger charge is -2.36. The molecule has 2 saturated heterocycles. The van der Waals surface area contributed by atoms with E-state index in [2.05, 4.69) is 20.5 Å². The first-order chi connectivity index (χ1) is 11.0. The highest BCUT2D eigenvalue weighted by atomic mass is 16.2. The van der Waals surface area contributed by atoms with Crippen LogP contribution in [0.1, 0.15) is 12.0 Å². The van der Waals surface area contributed by atoms with Crippen LogP contribution >= 0.6 is 0 Å². The smallest absolute Gasteiger partial charge is 0.322 e. The van der Waals surface area contributed by atoms with E-state index in [1.807, 2.05) is 19.1 Å². The average molecular weight is 317 g/mol. The van der Waals surface area contributed by atoms with E-state index >= 15 is 0 Å². The number of pyridine rings is 1. The third-order valence-electron chi connectivity index (χ3n) is 4.15. The number of nitrogens with zero attached hydrogens (tertiary/aromatic N) is 3. The summed E-state index contributed by atoms with van der Waals surface area (Å²) in [5, 5.41) is 4.58. The summed E-state index contributed by atoms with van der Waals surface area (Å²) in [5.74, 6) is 0.387. The van der Waals surface area contributed by atoms with Gasteiger partial charge in [0.15, 0.2) is 0 Å². The molecule has 1 aromatic heterocycles. The van der Waals surface area contributed by atoms with Crippen LogP contribution in [0.3, 0.4) is 0 Å². The highest BCUT2D eigenvalue weighted by molar-refractivity contribution is 6.05. The summed E-state index contributed by atoms with van der Waals surface area (Å²) in [7, 11) is 0. The Morgan fingerprint density at radius 3 is 2.65 bits per heavy atom. The minimum absolute atomic E-state index is 0.000187. The first kappa shape index (κ1) is 15.3. The Morgan fingerprint density at radius 2 is 2.04 bits per heavy atom. The van der Waals surface area contributed by atoms with Crippen molar-refractivity contribution in [2.45, 2.75) is 19.4 Å². The summed E-state index contributed by atoms with van der Waals surface area (Å²) < 4.78 is 0. The Kier molecular flexibility index (Phi) is 4.14. The highest BCUT2D eigenvalue weighted by Gasteiger charge is 2.33. The number of nitrogens with one attached hydrogen (secondary N) is 2. The third-order valence-corrected chi connectivity index (χ3v) is 4.15. The van der Waals surface area contributed by atoms with Gasteiger partial charge in [-0.25, -0.2) is 9.78 Å². The number of carbonyl (C=O) groups excluding carboxylic acids is 3. The first-order valence-electron chi connectivity index (χ1n) is 7.60. The fourth-order valence-corrected chi connectivity index (χ4v) is 2.88. The molecule has 23 heavy (non-hydrogen) atoms. The SMILES string of the molecule is Cc1cccnc1N1CCN(C(=O)C[C@H]2NC(=O)NC2=O)CC1. The van der Waals surface area contributed by atoms with Crippen molar-refractivity contribution in [3.8, 4) is 0 Å². The molecule has 0 spiro atoms. The number of aryl methyl sites for hydroxylation is 1. The zero-order valence-electron chi connectivity index (χ0n) is 12.9. The zero-order valence-corrected chi connectivity index (χ0v) is 12.9. The summed E-state index contributed by atoms with van der Waals surface area (Å²) in [4.78, 5) is 43.1. The van der Waals surface area contributed by atoms with Crippen LogP contribution in [0.5, 0.6) is 0 Å². The molecule has 1 atom stereocenters. The maximum atomic E-state index is 12.3. The molecule has 3 rings (SSSR count). The summed E-state index contributed by atoms with van der Waals surface area (Å²) in [6, 6.07) is 2.62. The monoisotopic (exact) mass is 317 g/mol. The molecule has 0 saturated carbocycles. The van der Waals surface area contributed by atoms with Gasteiger partial charge in [-0.1, -0.05) is 6.07 Å². The van der Waals surface area contributed by atoms with E-state index in [1.54, 1.807) is 11.1 Å². The van der Waals surface area contributed by atoms with E-state index in [9.17, 15) is 14.4 Å². The Labute approximate surface area is 133 Å². The molecule has 3 heterocycles. The highest BCUT2D eigenvalue weighted by Crippen LogP contribution is 2.18. The summed E-state index contributed by atoms with van der Waals surface area (Å²) in [5.41, 5.74) is 1.11. The fourth-order valence-electron chi connectivity index (χ4n) is 2.88. The van der Waals surface area contributed by atoms with Gasteiger partial charge in [0.25, 0.3) is 5.91 Å². The van der Waals surface area contributed by atoms with Crippen molar-refractivity contribution in [3.05, 3.63) is 23.9 Å². The second-order valence-corrected chi connectivity index (χ2v) is 5.73. The predicted octanol–water partition coefficient (Wildman–Crippen LogP) is -0.363. The molecule has 1 aromatic rings. The maximum Gasteiger partial charge on any atom is 0.322 e. The second-order valence-electron chi connectivity index (χ2n) is 5.73. The molecule has 2 fully saturated rings. The molecule has 0 bridgehead atoms. The second kappa shape index (κ2) is 6.23. The summed E-state index contributed by atoms with van der Waals surface area (Å²) in [6.45, 7) is 4.58. The molecule has 8 heteroatoms. The van der Waals surface area contributed by atoms with Crippen molar-refractivity contribution >= 4 is 23.7 Å². The van der Waals surface area contributed by atoms with Crippen molar-refractivity contribution in [3.63, 3.8) is 0 Å². The number of hydrogen-bond donors (Lipinski definition) is 2. The van der Waals surface area contributed by atoms with E-state index in [0.717, 1.165) is 11.4 Å². The molecule has 122 valence electrons. The van der Waals surface area contributed by atoms with E-state index in [1.165, 1.54) is 0 Å². The number of rotatable bonds is 3. The van der Waals surface area contributed by atoms with Gasteiger partial charge in [0.2, 0.25) is 5.91 Å². The van der Waals surface area contributed by atoms with Crippen molar-refractivity contribution in [2.24, 2.45) is 0 Å². The lowest BCUT2D eigenvalue weighted by atomic mass is 10.1. The predicted molar refractivity (Wildman–Crippen MR) is 82.8 cm³/mol. The third kappa shape index (κ3) is 3.25. The lowest BCUT2D eigenvalue weighted by molar-refractivity contribution is -0.134. The molecular formula is C15H19N5O3. The van der Waals surface area contributed by atoms with E-state index in [4.69, 9.17) is 0 Å². The molecule has 2 N–H and O–H groups in total. The number of hydrogen-bond acceptors (Lipinski definition) is 5. The van der Waals surface area contributed by atoms with Gasteiger partial charge >= 0.3 is 6.03 Å². The number of anilines is 1. The number of carbonyl (C=O) groups is 3. The van der Waals surface area contributed by atoms with E-state index < -0.39 is 18.0 Å². The van der Waals surface area contributed by atoms with Gasteiger partial charge in [0.1, 0.15) is 11.9 Å². The fraction of sp³-hybridized carbons (Fsp3) is 0.467. The van der Waals surface area contributed by atoms with Crippen molar-refractivity contribution in [1.82, 2.24) is 20.5 Å². The van der Waals surface area contributed by atoms with Gasteiger partial charge < -0.3 is 15.1 Å².